The molecule has 1 fully saturated rings. The molecular formula is C16H21N5O6S. The Morgan fingerprint density at radius 1 is 1.43 bits per heavy atom. The fraction of sp³-hybridized carbons (Fsp3) is 0.562. The van der Waals surface area contributed by atoms with Gasteiger partial charge in [0.2, 0.25) is 12.2 Å². The number of nitrogens with zero attached hydrogens (tertiary/aromatic N) is 4. The molecule has 152 valence electrons. The van der Waals surface area contributed by atoms with E-state index in [0.717, 1.165) is 0 Å². The van der Waals surface area contributed by atoms with Gasteiger partial charge in [0, 0.05) is 13.3 Å². The number of carbonyl (C=O) groups excluding carboxylic acids is 2. The zero-order valence-electron chi connectivity index (χ0n) is 15.7. The summed E-state index contributed by atoms with van der Waals surface area (Å²) in [5.41, 5.74) is 5.99. The number of carbonyl (C=O) groups is 2. The van der Waals surface area contributed by atoms with Gasteiger partial charge >= 0.3 is 17.6 Å². The van der Waals surface area contributed by atoms with Gasteiger partial charge in [-0.15, -0.1) is 11.8 Å². The van der Waals surface area contributed by atoms with Crippen LogP contribution in [-0.4, -0.2) is 49.7 Å². The molecule has 0 unspecified atom stereocenters. The molecule has 12 heteroatoms. The molecule has 2 aromatic heterocycles. The number of hydrogen-bond donors (Lipinski definition) is 1. The maximum absolute atomic E-state index is 13.1. The first kappa shape index (κ1) is 20.1. The summed E-state index contributed by atoms with van der Waals surface area (Å²) in [5.74, 6) is -0.667. The number of nitrogens with two attached hydrogens (primary N) is 1. The summed E-state index contributed by atoms with van der Waals surface area (Å²) in [5, 5.41) is 0. The lowest BCUT2D eigenvalue weighted by Crippen LogP contribution is -2.33. The SMILES string of the molecule is CCC(=O)O[C@H]1C[C@@H](OC(C)=O)[C@H](n2c(=O)n(CSC)c3cnc(N)nc32)O1. The Morgan fingerprint density at radius 3 is 2.82 bits per heavy atom. The van der Waals surface area contributed by atoms with Crippen molar-refractivity contribution in [2.75, 3.05) is 12.0 Å². The van der Waals surface area contributed by atoms with Crippen molar-refractivity contribution in [2.24, 2.45) is 0 Å². The Hall–Kier alpha value is -2.60. The van der Waals surface area contributed by atoms with E-state index in [0.29, 0.717) is 11.4 Å². The van der Waals surface area contributed by atoms with Crippen LogP contribution < -0.4 is 11.4 Å². The number of fused-ring (bicyclic) bond motifs is 1. The molecule has 0 aliphatic carbocycles. The Kier molecular flexibility index (Phi) is 5.89. The predicted octanol–water partition coefficient (Wildman–Crippen LogP) is 0.626. The van der Waals surface area contributed by atoms with Crippen molar-refractivity contribution in [2.45, 2.75) is 51.2 Å². The van der Waals surface area contributed by atoms with Gasteiger partial charge in [-0.25, -0.2) is 14.3 Å². The van der Waals surface area contributed by atoms with Crippen LogP contribution >= 0.6 is 11.8 Å². The van der Waals surface area contributed by atoms with Crippen LogP contribution in [0.25, 0.3) is 11.2 Å². The Balaban J connectivity index is 2.08. The summed E-state index contributed by atoms with van der Waals surface area (Å²) in [4.78, 5) is 44.4. The Labute approximate surface area is 164 Å². The van der Waals surface area contributed by atoms with Crippen molar-refractivity contribution in [1.82, 2.24) is 19.1 Å². The number of anilines is 1. The number of ether oxygens (including phenoxy) is 3. The summed E-state index contributed by atoms with van der Waals surface area (Å²) in [6.07, 6.45) is 0.752. The molecule has 0 amide bonds. The number of aromatic nitrogens is 4. The van der Waals surface area contributed by atoms with Gasteiger partial charge in [0.05, 0.1) is 18.5 Å². The molecule has 28 heavy (non-hydrogen) atoms. The standard InChI is InChI=1S/C16H21N5O6S/c1-4-11(23)26-12-5-10(25-8(2)22)14(27-12)21-13-9(6-18-15(17)19-13)20(7-28-3)16(21)24/h6,10,12,14H,4-5,7H2,1-3H3,(H2,17,18,19)/t10-,12-,14-/m1/s1. The Bertz CT molecular complexity index is 957. The molecule has 11 nitrogen and oxygen atoms in total. The van der Waals surface area contributed by atoms with Crippen molar-refractivity contribution in [3.63, 3.8) is 0 Å². The number of nitrogen functional groups attached to an aromatic ring is 1. The van der Waals surface area contributed by atoms with E-state index in [2.05, 4.69) is 9.97 Å². The van der Waals surface area contributed by atoms with Crippen LogP contribution in [0.5, 0.6) is 0 Å². The highest BCUT2D eigenvalue weighted by molar-refractivity contribution is 7.97. The van der Waals surface area contributed by atoms with Crippen molar-refractivity contribution >= 4 is 40.8 Å². The summed E-state index contributed by atoms with van der Waals surface area (Å²) in [6, 6.07) is 0. The third-order valence-electron chi connectivity index (χ3n) is 4.14. The maximum Gasteiger partial charge on any atom is 0.333 e. The first-order valence-electron chi connectivity index (χ1n) is 8.60. The van der Waals surface area contributed by atoms with Crippen LogP contribution in [0.3, 0.4) is 0 Å². The van der Waals surface area contributed by atoms with E-state index in [1.54, 1.807) is 6.92 Å². The van der Waals surface area contributed by atoms with Crippen LogP contribution in [0.1, 0.15) is 32.9 Å². The van der Waals surface area contributed by atoms with Crippen molar-refractivity contribution in [3.8, 4) is 0 Å². The van der Waals surface area contributed by atoms with E-state index in [1.165, 1.54) is 34.0 Å². The van der Waals surface area contributed by atoms with E-state index in [4.69, 9.17) is 19.9 Å². The monoisotopic (exact) mass is 411 g/mol. The topological polar surface area (TPSA) is 141 Å². The number of imidazole rings is 1. The van der Waals surface area contributed by atoms with Crippen LogP contribution in [0.15, 0.2) is 11.0 Å². The number of hydrogen-bond acceptors (Lipinski definition) is 10. The van der Waals surface area contributed by atoms with Gasteiger partial charge < -0.3 is 19.9 Å². The molecule has 0 bridgehead atoms. The summed E-state index contributed by atoms with van der Waals surface area (Å²) in [7, 11) is 0. The van der Waals surface area contributed by atoms with E-state index >= 15 is 0 Å². The minimum Gasteiger partial charge on any atom is -0.457 e. The van der Waals surface area contributed by atoms with Gasteiger partial charge in [0.15, 0.2) is 18.0 Å². The third kappa shape index (κ3) is 3.83. The fourth-order valence-electron chi connectivity index (χ4n) is 3.01. The van der Waals surface area contributed by atoms with Crippen LogP contribution in [0.4, 0.5) is 5.95 Å². The molecule has 2 N–H and O–H groups in total. The number of esters is 2. The molecule has 3 atom stereocenters. The quantitative estimate of drug-likeness (QED) is 0.673. The molecule has 1 aliphatic heterocycles. The van der Waals surface area contributed by atoms with Crippen molar-refractivity contribution in [1.29, 1.82) is 0 Å². The van der Waals surface area contributed by atoms with E-state index < -0.39 is 36.3 Å². The predicted molar refractivity (Wildman–Crippen MR) is 100 cm³/mol. The first-order valence-corrected chi connectivity index (χ1v) is 9.99. The minimum atomic E-state index is -1.02. The molecular weight excluding hydrogens is 390 g/mol. The third-order valence-corrected chi connectivity index (χ3v) is 4.66. The van der Waals surface area contributed by atoms with Gasteiger partial charge in [-0.2, -0.15) is 4.98 Å². The molecule has 0 saturated carbocycles. The van der Waals surface area contributed by atoms with Gasteiger partial charge in [-0.1, -0.05) is 6.92 Å². The lowest BCUT2D eigenvalue weighted by atomic mass is 10.2. The van der Waals surface area contributed by atoms with Crippen LogP contribution in [0.2, 0.25) is 0 Å². The summed E-state index contributed by atoms with van der Waals surface area (Å²) in [6.45, 7) is 2.90. The average Bonchev–Trinajstić information content (AvgIpc) is 3.12. The molecule has 1 aliphatic rings. The van der Waals surface area contributed by atoms with Crippen LogP contribution in [-0.2, 0) is 29.7 Å². The highest BCUT2D eigenvalue weighted by Crippen LogP contribution is 2.33. The second-order valence-corrected chi connectivity index (χ2v) is 6.95. The minimum absolute atomic E-state index is 0.0152. The van der Waals surface area contributed by atoms with E-state index in [1.807, 2.05) is 6.26 Å². The van der Waals surface area contributed by atoms with Gasteiger partial charge in [0.25, 0.3) is 0 Å². The zero-order chi connectivity index (χ0) is 20.4. The molecule has 0 spiro atoms. The smallest absolute Gasteiger partial charge is 0.333 e. The zero-order valence-corrected chi connectivity index (χ0v) is 16.5. The average molecular weight is 411 g/mol. The second-order valence-electron chi connectivity index (χ2n) is 6.12. The fourth-order valence-corrected chi connectivity index (χ4v) is 3.52. The van der Waals surface area contributed by atoms with Crippen molar-refractivity contribution < 1.29 is 23.8 Å². The summed E-state index contributed by atoms with van der Waals surface area (Å²) >= 11 is 1.43. The molecule has 3 heterocycles. The van der Waals surface area contributed by atoms with E-state index in [9.17, 15) is 14.4 Å². The van der Waals surface area contributed by atoms with Crippen LogP contribution in [0, 0.1) is 0 Å². The molecule has 3 rings (SSSR count). The second kappa shape index (κ2) is 8.19. The van der Waals surface area contributed by atoms with Gasteiger partial charge in [-0.3, -0.25) is 14.2 Å². The number of rotatable bonds is 6. The first-order chi connectivity index (χ1) is 13.3. The Morgan fingerprint density at radius 2 is 2.18 bits per heavy atom. The molecule has 1 saturated heterocycles. The van der Waals surface area contributed by atoms with Crippen molar-refractivity contribution in [3.05, 3.63) is 16.7 Å². The highest BCUT2D eigenvalue weighted by Gasteiger charge is 2.43. The molecule has 2 aromatic rings. The molecule has 0 aromatic carbocycles. The lowest BCUT2D eigenvalue weighted by molar-refractivity contribution is -0.183. The lowest BCUT2D eigenvalue weighted by Gasteiger charge is -2.18. The van der Waals surface area contributed by atoms with E-state index in [-0.39, 0.29) is 24.4 Å². The number of thioether (sulfide) groups is 1. The van der Waals surface area contributed by atoms with Gasteiger partial charge in [-0.05, 0) is 6.26 Å². The molecule has 0 radical (unpaired) electrons. The summed E-state index contributed by atoms with van der Waals surface area (Å²) < 4.78 is 19.0. The van der Waals surface area contributed by atoms with Gasteiger partial charge in [0.1, 0.15) is 5.52 Å². The maximum atomic E-state index is 13.1. The largest absolute Gasteiger partial charge is 0.457 e. The normalized spacial score (nSPS) is 21.8. The highest BCUT2D eigenvalue weighted by atomic mass is 32.2.